The summed E-state index contributed by atoms with van der Waals surface area (Å²) in [6, 6.07) is 8.30. The van der Waals surface area contributed by atoms with Gasteiger partial charge in [-0.05, 0) is 12.1 Å². The summed E-state index contributed by atoms with van der Waals surface area (Å²) in [5.41, 5.74) is 0.331. The van der Waals surface area contributed by atoms with Gasteiger partial charge in [-0.1, -0.05) is 18.2 Å². The van der Waals surface area contributed by atoms with Gasteiger partial charge in [0.25, 0.3) is 0 Å². The van der Waals surface area contributed by atoms with Crippen molar-refractivity contribution < 1.29 is 32.2 Å². The molecule has 52 valence electrons. The number of carboxylic acids is 1. The molecule has 0 heterocycles. The van der Waals surface area contributed by atoms with Gasteiger partial charge in [-0.25, -0.2) is 4.79 Å². The van der Waals surface area contributed by atoms with Gasteiger partial charge in [-0.2, -0.15) is 0 Å². The molecule has 4 heteroatoms. The van der Waals surface area contributed by atoms with Crippen LogP contribution in [0.15, 0.2) is 30.3 Å². The van der Waals surface area contributed by atoms with Crippen molar-refractivity contribution in [3.8, 4) is 0 Å². The number of carboxylic acid groups (broad SMARTS) is 1. The third-order valence-electron chi connectivity index (χ3n) is 1.02. The van der Waals surface area contributed by atoms with Crippen LogP contribution in [0.2, 0.25) is 0 Å². The van der Waals surface area contributed by atoms with Gasteiger partial charge in [-0.3, -0.25) is 0 Å². The first kappa shape index (κ1) is 14.1. The van der Waals surface area contributed by atoms with Crippen LogP contribution in [0, 0.1) is 0 Å². The molecule has 0 aliphatic rings. The molecule has 0 radical (unpaired) electrons. The van der Waals surface area contributed by atoms with E-state index in [4.69, 9.17) is 5.11 Å². The van der Waals surface area contributed by atoms with Gasteiger partial charge in [0.15, 0.2) is 0 Å². The van der Waals surface area contributed by atoms with Crippen LogP contribution in [0.3, 0.4) is 0 Å². The van der Waals surface area contributed by atoms with Gasteiger partial charge in [-0.15, -0.1) is 0 Å². The maximum atomic E-state index is 10.2. The van der Waals surface area contributed by atoms with Crippen LogP contribution in [0.1, 0.15) is 13.2 Å². The average Bonchev–Trinajstić information content (AvgIpc) is 1.90. The standard InChI is InChI=1S/C7H6O2.Ca.Zn.2H/c8-7(9)6-4-2-1-3-5-6;;;;/h1-5H,(H,8,9);;;;/q;+2;;2*-1. The predicted molar refractivity (Wildman–Crippen MR) is 41.4 cm³/mol. The number of hydrogen-bond donors (Lipinski definition) is 1. The van der Waals surface area contributed by atoms with Gasteiger partial charge in [0.1, 0.15) is 0 Å². The van der Waals surface area contributed by atoms with E-state index >= 15 is 0 Å². The summed E-state index contributed by atoms with van der Waals surface area (Å²) in [5, 5.41) is 8.38. The molecule has 1 aromatic rings. The van der Waals surface area contributed by atoms with E-state index in [-0.39, 0.29) is 60.1 Å². The predicted octanol–water partition coefficient (Wildman–Crippen LogP) is 1.23. The van der Waals surface area contributed by atoms with Crippen LogP contribution < -0.4 is 0 Å². The molecule has 1 N–H and O–H groups in total. The van der Waals surface area contributed by atoms with Gasteiger partial charge in [0.05, 0.1) is 5.56 Å². The number of benzene rings is 1. The maximum Gasteiger partial charge on any atom is 2.00 e. The Hall–Kier alpha value is 0.573. The maximum absolute atomic E-state index is 10.2. The van der Waals surface area contributed by atoms with Crippen LogP contribution in [0.4, 0.5) is 0 Å². The molecule has 0 fully saturated rings. The van der Waals surface area contributed by atoms with Gasteiger partial charge in [0.2, 0.25) is 0 Å². The van der Waals surface area contributed by atoms with Gasteiger partial charge < -0.3 is 7.96 Å². The molecule has 0 spiro atoms. The molecule has 0 aliphatic heterocycles. The molecule has 2 nitrogen and oxygen atoms in total. The molecular weight excluding hydrogens is 222 g/mol. The second-order valence-electron chi connectivity index (χ2n) is 1.67. The topological polar surface area (TPSA) is 37.3 Å². The van der Waals surface area contributed by atoms with E-state index in [0.29, 0.717) is 5.56 Å². The minimum atomic E-state index is -0.879. The summed E-state index contributed by atoms with van der Waals surface area (Å²) in [5.74, 6) is -0.879. The van der Waals surface area contributed by atoms with Crippen molar-refractivity contribution in [2.75, 3.05) is 0 Å². The van der Waals surface area contributed by atoms with Gasteiger partial charge >= 0.3 is 43.7 Å². The monoisotopic (exact) mass is 228 g/mol. The summed E-state index contributed by atoms with van der Waals surface area (Å²) >= 11 is 0. The average molecular weight is 230 g/mol. The molecule has 0 bridgehead atoms. The van der Waals surface area contributed by atoms with E-state index in [9.17, 15) is 4.79 Å². The van der Waals surface area contributed by atoms with Gasteiger partial charge in [0, 0.05) is 19.5 Å². The first-order valence-corrected chi connectivity index (χ1v) is 2.59. The summed E-state index contributed by atoms with van der Waals surface area (Å²) in [6.45, 7) is 0. The fourth-order valence-electron chi connectivity index (χ4n) is 0.581. The number of carbonyl (C=O) groups is 1. The van der Waals surface area contributed by atoms with Crippen molar-refractivity contribution in [1.29, 1.82) is 0 Å². The van der Waals surface area contributed by atoms with Crippen LogP contribution in [-0.2, 0) is 19.5 Å². The molecule has 0 saturated heterocycles. The third kappa shape index (κ3) is 4.92. The fraction of sp³-hybridized carbons (Fsp3) is 0. The summed E-state index contributed by atoms with van der Waals surface area (Å²) in [7, 11) is 0. The van der Waals surface area contributed by atoms with Crippen LogP contribution >= 0.6 is 0 Å². The molecule has 0 unspecified atom stereocenters. The Balaban J connectivity index is -0.000000101. The molecule has 0 atom stereocenters. The molecule has 0 amide bonds. The Kier molecular flexibility index (Phi) is 9.28. The van der Waals surface area contributed by atoms with E-state index in [1.165, 1.54) is 0 Å². The summed E-state index contributed by atoms with van der Waals surface area (Å²) in [6.07, 6.45) is 0. The molecule has 1 aromatic carbocycles. The van der Waals surface area contributed by atoms with Crippen LogP contribution in [-0.4, -0.2) is 48.8 Å². The molecule has 1 rings (SSSR count). The zero-order valence-corrected chi connectivity index (χ0v) is 11.3. The first-order valence-electron chi connectivity index (χ1n) is 2.59. The second kappa shape index (κ2) is 7.23. The Bertz CT molecular complexity index is 221. The number of hydrogen-bond acceptors (Lipinski definition) is 1. The van der Waals surface area contributed by atoms with Crippen LogP contribution in [0.25, 0.3) is 0 Å². The molecule has 0 aliphatic carbocycles. The van der Waals surface area contributed by atoms with Crippen LogP contribution in [0.5, 0.6) is 0 Å². The Morgan fingerprint density at radius 3 is 2.00 bits per heavy atom. The SMILES string of the molecule is O=C(O)c1ccccc1.[Ca+2].[H-].[H-].[Zn]. The molecule has 11 heavy (non-hydrogen) atoms. The number of aromatic carboxylic acids is 1. The normalized spacial score (nSPS) is 7.27. The molecule has 0 saturated carbocycles. The van der Waals surface area contributed by atoms with Crippen molar-refractivity contribution in [3.05, 3.63) is 35.9 Å². The minimum absolute atomic E-state index is 0. The van der Waals surface area contributed by atoms with Crippen molar-refractivity contribution >= 4 is 43.7 Å². The smallest absolute Gasteiger partial charge is 1.00 e. The third-order valence-corrected chi connectivity index (χ3v) is 1.02. The zero-order valence-electron chi connectivity index (χ0n) is 8.16. The van der Waals surface area contributed by atoms with E-state index in [0.717, 1.165) is 0 Å². The largest absolute Gasteiger partial charge is 2.00 e. The van der Waals surface area contributed by atoms with E-state index in [1.54, 1.807) is 30.3 Å². The Morgan fingerprint density at radius 2 is 1.73 bits per heavy atom. The van der Waals surface area contributed by atoms with Crippen molar-refractivity contribution in [1.82, 2.24) is 0 Å². The quantitative estimate of drug-likeness (QED) is 0.736. The Labute approximate surface area is 111 Å². The fourth-order valence-corrected chi connectivity index (χ4v) is 0.581. The van der Waals surface area contributed by atoms with Crippen molar-refractivity contribution in [2.24, 2.45) is 0 Å². The molecule has 0 aromatic heterocycles. The first-order chi connectivity index (χ1) is 4.30. The number of rotatable bonds is 1. The summed E-state index contributed by atoms with van der Waals surface area (Å²) in [4.78, 5) is 10.2. The van der Waals surface area contributed by atoms with E-state index in [1.807, 2.05) is 0 Å². The second-order valence-corrected chi connectivity index (χ2v) is 1.67. The minimum Gasteiger partial charge on any atom is -1.00 e. The van der Waals surface area contributed by atoms with Crippen molar-refractivity contribution in [2.45, 2.75) is 0 Å². The summed E-state index contributed by atoms with van der Waals surface area (Å²) < 4.78 is 0. The van der Waals surface area contributed by atoms with E-state index in [2.05, 4.69) is 0 Å². The van der Waals surface area contributed by atoms with E-state index < -0.39 is 5.97 Å². The molecular formula is C7H8CaO2Zn. The Morgan fingerprint density at radius 1 is 1.27 bits per heavy atom. The van der Waals surface area contributed by atoms with Crippen molar-refractivity contribution in [3.63, 3.8) is 0 Å². The zero-order chi connectivity index (χ0) is 6.69.